The molecule has 2 heterocycles. The Morgan fingerprint density at radius 1 is 1.61 bits per heavy atom. The molecule has 0 aliphatic carbocycles. The fraction of sp³-hybridized carbons (Fsp3) is 0.250. The lowest BCUT2D eigenvalue weighted by Gasteiger charge is -2.03. The summed E-state index contributed by atoms with van der Waals surface area (Å²) in [7, 11) is -1.84. The van der Waals surface area contributed by atoms with Gasteiger partial charge in [0.15, 0.2) is 0 Å². The van der Waals surface area contributed by atoms with Crippen LogP contribution in [0.15, 0.2) is 20.4 Å². The third kappa shape index (κ3) is 2.91. The van der Waals surface area contributed by atoms with E-state index in [1.165, 1.54) is 12.4 Å². The van der Waals surface area contributed by atoms with Crippen LogP contribution in [0.25, 0.3) is 0 Å². The second-order valence-electron chi connectivity index (χ2n) is 3.37. The van der Waals surface area contributed by atoms with Gasteiger partial charge in [-0.2, -0.15) is 0 Å². The molecule has 0 aliphatic heterocycles. The summed E-state index contributed by atoms with van der Waals surface area (Å²) in [6.45, 7) is 0.0754. The van der Waals surface area contributed by atoms with Crippen LogP contribution in [0.1, 0.15) is 5.82 Å². The third-order valence-electron chi connectivity index (χ3n) is 2.11. The third-order valence-corrected chi connectivity index (χ3v) is 6.46. The van der Waals surface area contributed by atoms with Gasteiger partial charge in [0.25, 0.3) is 10.0 Å². The Balaban J connectivity index is 2.15. The highest BCUT2D eigenvalue weighted by atomic mass is 79.9. The van der Waals surface area contributed by atoms with Gasteiger partial charge in [0.05, 0.1) is 15.4 Å². The molecule has 1 N–H and O–H groups in total. The van der Waals surface area contributed by atoms with Crippen molar-refractivity contribution in [3.63, 3.8) is 0 Å². The molecule has 0 saturated carbocycles. The normalized spacial score (nSPS) is 11.9. The van der Waals surface area contributed by atoms with E-state index >= 15 is 0 Å². The van der Waals surface area contributed by atoms with Crippen LogP contribution in [0.4, 0.5) is 0 Å². The maximum Gasteiger partial charge on any atom is 0.250 e. The maximum absolute atomic E-state index is 12.0. The molecule has 0 aliphatic rings. The number of halogens is 2. The second-order valence-corrected chi connectivity index (χ2v) is 8.14. The number of hydrogen-bond donors (Lipinski definition) is 1. The Morgan fingerprint density at radius 3 is 2.83 bits per heavy atom. The summed E-state index contributed by atoms with van der Waals surface area (Å²) in [5, 5.41) is 7.83. The molecule has 10 heteroatoms. The van der Waals surface area contributed by atoms with E-state index in [4.69, 9.17) is 11.6 Å². The molecule has 0 unspecified atom stereocenters. The lowest BCUT2D eigenvalue weighted by molar-refractivity contribution is 0.579. The highest BCUT2D eigenvalue weighted by molar-refractivity contribution is 9.11. The van der Waals surface area contributed by atoms with Gasteiger partial charge in [-0.05, 0) is 22.0 Å². The average Bonchev–Trinajstić information content (AvgIpc) is 2.84. The topological polar surface area (TPSA) is 76.9 Å². The molecular formula is C8H8BrClN4O2S2. The number of rotatable bonds is 4. The van der Waals surface area contributed by atoms with Crippen molar-refractivity contribution >= 4 is 48.9 Å². The van der Waals surface area contributed by atoms with E-state index in [1.807, 2.05) is 0 Å². The zero-order valence-corrected chi connectivity index (χ0v) is 13.1. The van der Waals surface area contributed by atoms with Crippen LogP contribution in [-0.4, -0.2) is 23.2 Å². The molecule has 0 amide bonds. The number of aryl methyl sites for hydroxylation is 1. The Morgan fingerprint density at radius 2 is 2.33 bits per heavy atom. The molecule has 6 nitrogen and oxygen atoms in total. The fourth-order valence-corrected chi connectivity index (χ4v) is 4.58. The number of hydrogen-bond acceptors (Lipinski definition) is 5. The summed E-state index contributed by atoms with van der Waals surface area (Å²) in [4.78, 5) is 0. The molecule has 0 saturated heterocycles. The summed E-state index contributed by atoms with van der Waals surface area (Å²) >= 11 is 10.0. The Bertz CT molecular complexity index is 647. The summed E-state index contributed by atoms with van der Waals surface area (Å²) in [5.41, 5.74) is 0. The van der Waals surface area contributed by atoms with Gasteiger partial charge in [-0.1, -0.05) is 11.6 Å². The number of nitrogens with one attached hydrogen (secondary N) is 1. The maximum atomic E-state index is 12.0. The quantitative estimate of drug-likeness (QED) is 0.888. The summed E-state index contributed by atoms with van der Waals surface area (Å²) in [5.74, 6) is 0.528. The molecule has 98 valence electrons. The Hall–Kier alpha value is -0.480. The van der Waals surface area contributed by atoms with Gasteiger partial charge in [-0.15, -0.1) is 21.5 Å². The van der Waals surface area contributed by atoms with Crippen molar-refractivity contribution < 1.29 is 8.42 Å². The number of nitrogens with zero attached hydrogens (tertiary/aromatic N) is 3. The highest BCUT2D eigenvalue weighted by Gasteiger charge is 2.19. The molecule has 0 spiro atoms. The van der Waals surface area contributed by atoms with Gasteiger partial charge < -0.3 is 4.57 Å². The molecule has 0 radical (unpaired) electrons. The molecule has 0 fully saturated rings. The first kappa shape index (κ1) is 13.9. The first-order valence-electron chi connectivity index (χ1n) is 4.67. The van der Waals surface area contributed by atoms with E-state index in [2.05, 4.69) is 30.8 Å². The summed E-state index contributed by atoms with van der Waals surface area (Å²) < 4.78 is 28.8. The predicted molar refractivity (Wildman–Crippen MR) is 72.1 cm³/mol. The van der Waals surface area contributed by atoms with Crippen molar-refractivity contribution in [2.45, 2.75) is 10.8 Å². The molecule has 2 rings (SSSR count). The van der Waals surface area contributed by atoms with Crippen LogP contribution in [-0.2, 0) is 23.6 Å². The van der Waals surface area contributed by atoms with E-state index in [-0.39, 0.29) is 10.8 Å². The van der Waals surface area contributed by atoms with Crippen molar-refractivity contribution in [2.24, 2.45) is 7.05 Å². The van der Waals surface area contributed by atoms with Crippen molar-refractivity contribution in [2.75, 3.05) is 0 Å². The van der Waals surface area contributed by atoms with E-state index < -0.39 is 10.0 Å². The summed E-state index contributed by atoms with van der Waals surface area (Å²) in [6.07, 6.45) is 1.50. The molecule has 2 aromatic heterocycles. The molecule has 0 atom stereocenters. The zero-order chi connectivity index (χ0) is 13.3. The number of aromatic nitrogens is 3. The van der Waals surface area contributed by atoms with Crippen LogP contribution < -0.4 is 4.72 Å². The number of sulfonamides is 1. The summed E-state index contributed by atoms with van der Waals surface area (Å²) in [6, 6.07) is 1.40. The SMILES string of the molecule is Cn1cnnc1CNS(=O)(=O)c1cc(Cl)c(Br)s1. The van der Waals surface area contributed by atoms with Crippen molar-refractivity contribution in [1.82, 2.24) is 19.5 Å². The molecule has 0 aromatic carbocycles. The molecular weight excluding hydrogens is 364 g/mol. The van der Waals surface area contributed by atoms with E-state index in [0.717, 1.165) is 11.3 Å². The van der Waals surface area contributed by atoms with E-state index in [0.29, 0.717) is 14.6 Å². The van der Waals surface area contributed by atoms with Crippen molar-refractivity contribution in [1.29, 1.82) is 0 Å². The lowest BCUT2D eigenvalue weighted by Crippen LogP contribution is -2.24. The smallest absolute Gasteiger partial charge is 0.250 e. The minimum absolute atomic E-state index is 0.0754. The van der Waals surface area contributed by atoms with Crippen molar-refractivity contribution in [3.05, 3.63) is 27.0 Å². The van der Waals surface area contributed by atoms with E-state index in [9.17, 15) is 8.42 Å². The first-order valence-corrected chi connectivity index (χ1v) is 8.14. The van der Waals surface area contributed by atoms with Crippen LogP contribution in [0.3, 0.4) is 0 Å². The molecule has 2 aromatic rings. The minimum atomic E-state index is -3.58. The van der Waals surface area contributed by atoms with Gasteiger partial charge in [-0.3, -0.25) is 0 Å². The van der Waals surface area contributed by atoms with Crippen LogP contribution in [0.2, 0.25) is 5.02 Å². The Labute approximate surface area is 121 Å². The Kier molecular flexibility index (Phi) is 4.07. The van der Waals surface area contributed by atoms with Gasteiger partial charge in [0.2, 0.25) is 0 Å². The van der Waals surface area contributed by atoms with Gasteiger partial charge in [0.1, 0.15) is 16.4 Å². The predicted octanol–water partition coefficient (Wildman–Crippen LogP) is 1.77. The minimum Gasteiger partial charge on any atom is -0.320 e. The van der Waals surface area contributed by atoms with Gasteiger partial charge in [-0.25, -0.2) is 13.1 Å². The molecule has 18 heavy (non-hydrogen) atoms. The monoisotopic (exact) mass is 370 g/mol. The zero-order valence-electron chi connectivity index (χ0n) is 9.09. The second kappa shape index (κ2) is 5.25. The van der Waals surface area contributed by atoms with Crippen LogP contribution in [0.5, 0.6) is 0 Å². The standard InChI is InChI=1S/C8H8BrClN4O2S2/c1-14-4-11-13-6(14)3-12-18(15,16)7-2-5(10)8(9)17-7/h2,4,12H,3H2,1H3. The van der Waals surface area contributed by atoms with E-state index in [1.54, 1.807) is 11.6 Å². The van der Waals surface area contributed by atoms with Gasteiger partial charge >= 0.3 is 0 Å². The van der Waals surface area contributed by atoms with Crippen LogP contribution in [0, 0.1) is 0 Å². The lowest BCUT2D eigenvalue weighted by atomic mass is 10.6. The first-order chi connectivity index (χ1) is 8.40. The van der Waals surface area contributed by atoms with Crippen molar-refractivity contribution in [3.8, 4) is 0 Å². The van der Waals surface area contributed by atoms with Crippen LogP contribution >= 0.6 is 38.9 Å². The van der Waals surface area contributed by atoms with Gasteiger partial charge in [0, 0.05) is 7.05 Å². The molecule has 0 bridgehead atoms. The highest BCUT2D eigenvalue weighted by Crippen LogP contribution is 2.34. The number of thiophene rings is 1. The fourth-order valence-electron chi connectivity index (χ4n) is 1.16. The largest absolute Gasteiger partial charge is 0.320 e. The average molecular weight is 372 g/mol.